The van der Waals surface area contributed by atoms with E-state index in [0.29, 0.717) is 11.4 Å². The molecule has 74 valence electrons. The summed E-state index contributed by atoms with van der Waals surface area (Å²) in [4.78, 5) is 13.7. The number of nitro groups is 1. The Balaban J connectivity index is 3.22. The Kier molecular flexibility index (Phi) is 2.81. The van der Waals surface area contributed by atoms with Gasteiger partial charge in [-0.2, -0.15) is 0 Å². The van der Waals surface area contributed by atoms with E-state index in [4.69, 9.17) is 5.73 Å². The van der Waals surface area contributed by atoms with E-state index in [1.165, 1.54) is 6.07 Å². The summed E-state index contributed by atoms with van der Waals surface area (Å²) in [5.41, 5.74) is 7.11. The number of hydrogen-bond donors (Lipinski definition) is 1. The van der Waals surface area contributed by atoms with E-state index in [-0.39, 0.29) is 5.69 Å². The highest BCUT2D eigenvalue weighted by molar-refractivity contribution is 5.64. The molecule has 0 amide bonds. The van der Waals surface area contributed by atoms with Crippen LogP contribution in [0, 0.1) is 10.1 Å². The number of rotatable bonds is 2. The number of pyridine rings is 1. The van der Waals surface area contributed by atoms with Gasteiger partial charge in [0.25, 0.3) is 5.69 Å². The first-order valence-electron chi connectivity index (χ1n) is 4.05. The van der Waals surface area contributed by atoms with E-state index in [0.717, 1.165) is 11.8 Å². The van der Waals surface area contributed by atoms with Crippen LogP contribution in [0.1, 0.15) is 19.4 Å². The minimum atomic E-state index is -0.491. The molecule has 0 aliphatic heterocycles. The third-order valence-electron chi connectivity index (χ3n) is 1.59. The van der Waals surface area contributed by atoms with Gasteiger partial charge in [0.15, 0.2) is 0 Å². The lowest BCUT2D eigenvalue weighted by Gasteiger charge is -1.99. The van der Waals surface area contributed by atoms with E-state index in [1.54, 1.807) is 6.08 Å². The van der Waals surface area contributed by atoms with Crippen LogP contribution in [-0.4, -0.2) is 9.91 Å². The van der Waals surface area contributed by atoms with Crippen LogP contribution in [-0.2, 0) is 0 Å². The van der Waals surface area contributed by atoms with Gasteiger partial charge in [0.05, 0.1) is 4.92 Å². The molecule has 1 aromatic rings. The first-order valence-corrected chi connectivity index (χ1v) is 4.05. The Bertz CT molecular complexity index is 395. The highest BCUT2D eigenvalue weighted by Gasteiger charge is 2.08. The molecule has 0 saturated carbocycles. The third-order valence-corrected chi connectivity index (χ3v) is 1.59. The van der Waals surface area contributed by atoms with Crippen LogP contribution in [0.5, 0.6) is 0 Å². The predicted molar refractivity (Wildman–Crippen MR) is 54.6 cm³/mol. The molecular formula is C9H11N3O2. The molecule has 0 aliphatic carbocycles. The Morgan fingerprint density at radius 1 is 1.64 bits per heavy atom. The lowest BCUT2D eigenvalue weighted by atomic mass is 10.2. The molecule has 2 N–H and O–H groups in total. The van der Waals surface area contributed by atoms with Gasteiger partial charge in [-0.05, 0) is 13.8 Å². The second-order valence-electron chi connectivity index (χ2n) is 3.15. The smallest absolute Gasteiger partial charge is 0.288 e. The number of nitrogens with two attached hydrogens (primary N) is 1. The lowest BCUT2D eigenvalue weighted by Crippen LogP contribution is -1.96. The summed E-state index contributed by atoms with van der Waals surface area (Å²) < 4.78 is 0. The van der Waals surface area contributed by atoms with Crippen molar-refractivity contribution in [3.05, 3.63) is 33.5 Å². The average Bonchev–Trinajstić information content (AvgIpc) is 2.07. The zero-order valence-corrected chi connectivity index (χ0v) is 8.02. The second-order valence-corrected chi connectivity index (χ2v) is 3.15. The van der Waals surface area contributed by atoms with Gasteiger partial charge in [0.1, 0.15) is 12.0 Å². The number of allylic oxidation sites excluding steroid dienone is 1. The molecule has 1 rings (SSSR count). The zero-order chi connectivity index (χ0) is 10.7. The molecule has 5 nitrogen and oxygen atoms in total. The van der Waals surface area contributed by atoms with Crippen LogP contribution in [0.25, 0.3) is 6.08 Å². The van der Waals surface area contributed by atoms with Crippen molar-refractivity contribution in [1.82, 2.24) is 4.98 Å². The van der Waals surface area contributed by atoms with Crippen molar-refractivity contribution in [3.63, 3.8) is 0 Å². The van der Waals surface area contributed by atoms with Gasteiger partial charge >= 0.3 is 0 Å². The maximum absolute atomic E-state index is 10.5. The zero-order valence-electron chi connectivity index (χ0n) is 8.02. The molecule has 1 heterocycles. The summed E-state index contributed by atoms with van der Waals surface area (Å²) in [5.74, 6) is 0.303. The molecule has 0 bridgehead atoms. The Hall–Kier alpha value is -1.91. The second kappa shape index (κ2) is 3.87. The maximum atomic E-state index is 10.5. The standard InChI is InChI=1S/C9H11N3O2/c1-6(2)3-7-4-8(12(13)14)5-11-9(7)10/h3-5H,1-2H3,(H2,10,11). The van der Waals surface area contributed by atoms with Crippen molar-refractivity contribution in [2.24, 2.45) is 0 Å². The van der Waals surface area contributed by atoms with Crippen molar-refractivity contribution in [1.29, 1.82) is 0 Å². The highest BCUT2D eigenvalue weighted by atomic mass is 16.6. The number of nitrogens with zero attached hydrogens (tertiary/aromatic N) is 2. The fourth-order valence-electron chi connectivity index (χ4n) is 1.01. The van der Waals surface area contributed by atoms with Crippen molar-refractivity contribution < 1.29 is 4.92 Å². The van der Waals surface area contributed by atoms with Crippen LogP contribution in [0.3, 0.4) is 0 Å². The average molecular weight is 193 g/mol. The molecule has 14 heavy (non-hydrogen) atoms. The van der Waals surface area contributed by atoms with Crippen LogP contribution in [0.2, 0.25) is 0 Å². The fourth-order valence-corrected chi connectivity index (χ4v) is 1.01. The number of anilines is 1. The molecule has 0 fully saturated rings. The summed E-state index contributed by atoms with van der Waals surface area (Å²) in [5, 5.41) is 10.5. The quantitative estimate of drug-likeness (QED) is 0.575. The topological polar surface area (TPSA) is 82.0 Å². The molecule has 0 saturated heterocycles. The first kappa shape index (κ1) is 10.2. The molecule has 1 aromatic heterocycles. The fraction of sp³-hybridized carbons (Fsp3) is 0.222. The monoisotopic (exact) mass is 193 g/mol. The first-order chi connectivity index (χ1) is 6.50. The molecule has 0 aromatic carbocycles. The minimum absolute atomic E-state index is 0.0494. The molecule has 0 radical (unpaired) electrons. The summed E-state index contributed by atoms with van der Waals surface area (Å²) >= 11 is 0. The number of hydrogen-bond acceptors (Lipinski definition) is 4. The van der Waals surface area contributed by atoms with E-state index in [9.17, 15) is 10.1 Å². The Morgan fingerprint density at radius 3 is 2.79 bits per heavy atom. The number of aromatic nitrogens is 1. The van der Waals surface area contributed by atoms with Crippen LogP contribution in [0.15, 0.2) is 17.8 Å². The number of nitrogen functional groups attached to an aromatic ring is 1. The van der Waals surface area contributed by atoms with E-state index >= 15 is 0 Å². The molecule has 0 atom stereocenters. The highest BCUT2D eigenvalue weighted by Crippen LogP contribution is 2.19. The van der Waals surface area contributed by atoms with Crippen molar-refractivity contribution in [2.75, 3.05) is 5.73 Å². The Labute approximate surface area is 81.4 Å². The van der Waals surface area contributed by atoms with Gasteiger partial charge in [0, 0.05) is 11.6 Å². The van der Waals surface area contributed by atoms with Gasteiger partial charge in [-0.15, -0.1) is 0 Å². The van der Waals surface area contributed by atoms with Crippen molar-refractivity contribution >= 4 is 17.6 Å². The van der Waals surface area contributed by atoms with E-state index < -0.39 is 4.92 Å². The normalized spacial score (nSPS) is 9.57. The van der Waals surface area contributed by atoms with Crippen molar-refractivity contribution in [2.45, 2.75) is 13.8 Å². The van der Waals surface area contributed by atoms with Crippen LogP contribution >= 0.6 is 0 Å². The van der Waals surface area contributed by atoms with Gasteiger partial charge in [-0.3, -0.25) is 10.1 Å². The third kappa shape index (κ3) is 2.29. The minimum Gasteiger partial charge on any atom is -0.383 e. The molecule has 0 aliphatic rings. The van der Waals surface area contributed by atoms with Crippen LogP contribution < -0.4 is 5.73 Å². The largest absolute Gasteiger partial charge is 0.383 e. The van der Waals surface area contributed by atoms with Gasteiger partial charge in [-0.1, -0.05) is 11.6 Å². The molecule has 0 spiro atoms. The summed E-state index contributed by atoms with van der Waals surface area (Å²) in [7, 11) is 0. The van der Waals surface area contributed by atoms with Gasteiger partial charge < -0.3 is 5.73 Å². The van der Waals surface area contributed by atoms with Crippen molar-refractivity contribution in [3.8, 4) is 0 Å². The SMILES string of the molecule is CC(C)=Cc1cc([N+](=O)[O-])cnc1N. The van der Waals surface area contributed by atoms with E-state index in [1.807, 2.05) is 13.8 Å². The Morgan fingerprint density at radius 2 is 2.29 bits per heavy atom. The molecule has 5 heteroatoms. The summed E-state index contributed by atoms with van der Waals surface area (Å²) in [6.45, 7) is 3.77. The van der Waals surface area contributed by atoms with Crippen LogP contribution in [0.4, 0.5) is 11.5 Å². The predicted octanol–water partition coefficient (Wildman–Crippen LogP) is 2.00. The lowest BCUT2D eigenvalue weighted by molar-refractivity contribution is -0.385. The van der Waals surface area contributed by atoms with E-state index in [2.05, 4.69) is 4.98 Å². The summed E-state index contributed by atoms with van der Waals surface area (Å²) in [6.07, 6.45) is 2.91. The maximum Gasteiger partial charge on any atom is 0.288 e. The van der Waals surface area contributed by atoms with Gasteiger partial charge in [-0.25, -0.2) is 4.98 Å². The summed E-state index contributed by atoms with van der Waals surface area (Å²) in [6, 6.07) is 1.41. The molecular weight excluding hydrogens is 182 g/mol. The van der Waals surface area contributed by atoms with Gasteiger partial charge in [0.2, 0.25) is 0 Å². The molecule has 0 unspecified atom stereocenters.